The van der Waals surface area contributed by atoms with Crippen LogP contribution < -0.4 is 0 Å². The third-order valence-electron chi connectivity index (χ3n) is 10.1. The first-order valence-corrected chi connectivity index (χ1v) is 18.7. The predicted octanol–water partition coefficient (Wildman–Crippen LogP) is 14.0. The van der Waals surface area contributed by atoms with Crippen LogP contribution in [0.15, 0.2) is 194 Å². The molecule has 0 aliphatic rings. The van der Waals surface area contributed by atoms with Crippen molar-refractivity contribution in [2.24, 2.45) is 0 Å². The Morgan fingerprint density at radius 3 is 1.70 bits per heavy atom. The van der Waals surface area contributed by atoms with Gasteiger partial charge in [0.1, 0.15) is 0 Å². The molecule has 2 heterocycles. The summed E-state index contributed by atoms with van der Waals surface area (Å²) in [5.41, 5.74) is 11.9. The average Bonchev–Trinajstić information content (AvgIpc) is 3.63. The molecule has 10 aromatic rings. The molecule has 0 bridgehead atoms. The van der Waals surface area contributed by atoms with Gasteiger partial charge >= 0.3 is 0 Å². The van der Waals surface area contributed by atoms with Crippen LogP contribution in [-0.4, -0.2) is 9.97 Å². The van der Waals surface area contributed by atoms with Crippen molar-refractivity contribution in [3.8, 4) is 67.3 Å². The van der Waals surface area contributed by atoms with Crippen molar-refractivity contribution >= 4 is 42.3 Å². The number of benzene rings is 8. The summed E-state index contributed by atoms with van der Waals surface area (Å²) in [4.78, 5) is 10.6. The molecule has 0 radical (unpaired) electrons. The first kappa shape index (κ1) is 31.1. The Kier molecular flexibility index (Phi) is 7.71. The van der Waals surface area contributed by atoms with Crippen LogP contribution in [0, 0.1) is 0 Å². The summed E-state index contributed by atoms with van der Waals surface area (Å²) in [7, 11) is 0. The highest BCUT2D eigenvalue weighted by molar-refractivity contribution is 7.26. The quantitative estimate of drug-likeness (QED) is 0.173. The third kappa shape index (κ3) is 5.68. The summed E-state index contributed by atoms with van der Waals surface area (Å²) in [5.74, 6) is 0.699. The molecule has 0 unspecified atom stereocenters. The number of hydrogen-bond acceptors (Lipinski definition) is 3. The highest BCUT2D eigenvalue weighted by Gasteiger charge is 2.18. The summed E-state index contributed by atoms with van der Waals surface area (Å²) < 4.78 is 2.59. The van der Waals surface area contributed by atoms with Gasteiger partial charge in [-0.1, -0.05) is 164 Å². The van der Waals surface area contributed by atoms with E-state index in [2.05, 4.69) is 176 Å². The maximum absolute atomic E-state index is 5.32. The van der Waals surface area contributed by atoms with Gasteiger partial charge in [0, 0.05) is 36.9 Å². The maximum atomic E-state index is 5.32. The Balaban J connectivity index is 1.25. The van der Waals surface area contributed by atoms with Crippen LogP contribution in [0.25, 0.3) is 98.2 Å². The molecule has 0 saturated carbocycles. The van der Waals surface area contributed by atoms with E-state index in [4.69, 9.17) is 9.97 Å². The van der Waals surface area contributed by atoms with Crippen molar-refractivity contribution in [1.82, 2.24) is 9.97 Å². The maximum Gasteiger partial charge on any atom is 0.160 e. The molecule has 8 aromatic carbocycles. The Morgan fingerprint density at radius 2 is 0.868 bits per heavy atom. The summed E-state index contributed by atoms with van der Waals surface area (Å²) in [6.07, 6.45) is 0. The van der Waals surface area contributed by atoms with Gasteiger partial charge in [0.2, 0.25) is 0 Å². The summed E-state index contributed by atoms with van der Waals surface area (Å²) >= 11 is 1.86. The molecule has 53 heavy (non-hydrogen) atoms. The molecule has 0 amide bonds. The number of nitrogens with zero attached hydrogens (tertiary/aromatic N) is 2. The molecule has 0 aliphatic carbocycles. The Hall–Kier alpha value is -6.68. The van der Waals surface area contributed by atoms with Gasteiger partial charge in [0.05, 0.1) is 11.4 Å². The minimum atomic E-state index is 0.699. The second-order valence-electron chi connectivity index (χ2n) is 13.3. The van der Waals surface area contributed by atoms with Crippen LogP contribution in [0.4, 0.5) is 0 Å². The van der Waals surface area contributed by atoms with Crippen molar-refractivity contribution < 1.29 is 0 Å². The zero-order valence-electron chi connectivity index (χ0n) is 28.8. The second-order valence-corrected chi connectivity index (χ2v) is 14.4. The topological polar surface area (TPSA) is 25.8 Å². The number of hydrogen-bond donors (Lipinski definition) is 0. The Morgan fingerprint density at radius 1 is 0.321 bits per heavy atom. The molecule has 0 aliphatic heterocycles. The molecule has 2 nitrogen and oxygen atoms in total. The second kappa shape index (κ2) is 13.1. The van der Waals surface area contributed by atoms with Gasteiger partial charge in [0.15, 0.2) is 5.82 Å². The molecule has 2 aromatic heterocycles. The standard InChI is InChI=1S/C50H32N2S/c1-3-15-33(16-4-1)40-22-9-10-23-43(40)47-32-46(51-50(52-47)35-18-5-2-6-19-35)38-30-36(41-25-13-20-34-17-7-8-21-39(34)41)29-37(31-38)42-26-14-27-45-44-24-11-12-28-48(44)53-49(42)45/h1-32H. The minimum absolute atomic E-state index is 0.699. The van der Waals surface area contributed by atoms with Crippen LogP contribution in [0.5, 0.6) is 0 Å². The van der Waals surface area contributed by atoms with E-state index >= 15 is 0 Å². The van der Waals surface area contributed by atoms with Gasteiger partial charge in [-0.15, -0.1) is 11.3 Å². The summed E-state index contributed by atoms with van der Waals surface area (Å²) in [6, 6.07) is 69.2. The highest BCUT2D eigenvalue weighted by Crippen LogP contribution is 2.43. The highest BCUT2D eigenvalue weighted by atomic mass is 32.1. The van der Waals surface area contributed by atoms with Gasteiger partial charge in [-0.25, -0.2) is 9.97 Å². The minimum Gasteiger partial charge on any atom is -0.228 e. The molecule has 0 N–H and O–H groups in total. The fourth-order valence-corrected chi connectivity index (χ4v) is 8.80. The van der Waals surface area contributed by atoms with E-state index in [1.807, 2.05) is 29.5 Å². The fourth-order valence-electron chi connectivity index (χ4n) is 7.56. The van der Waals surface area contributed by atoms with E-state index in [0.29, 0.717) is 5.82 Å². The Bertz CT molecular complexity index is 2940. The third-order valence-corrected chi connectivity index (χ3v) is 11.3. The number of rotatable bonds is 6. The largest absolute Gasteiger partial charge is 0.228 e. The molecule has 0 spiro atoms. The molecule has 0 fully saturated rings. The lowest BCUT2D eigenvalue weighted by molar-refractivity contribution is 1.18. The first-order valence-electron chi connectivity index (χ1n) is 17.9. The van der Waals surface area contributed by atoms with Crippen molar-refractivity contribution in [1.29, 1.82) is 0 Å². The normalized spacial score (nSPS) is 11.4. The monoisotopic (exact) mass is 692 g/mol. The van der Waals surface area contributed by atoms with Gasteiger partial charge in [-0.2, -0.15) is 0 Å². The number of fused-ring (bicyclic) bond motifs is 4. The molecule has 0 saturated heterocycles. The molecular weight excluding hydrogens is 661 g/mol. The van der Waals surface area contributed by atoms with E-state index in [0.717, 1.165) is 50.3 Å². The van der Waals surface area contributed by atoms with Crippen molar-refractivity contribution in [3.63, 3.8) is 0 Å². The van der Waals surface area contributed by atoms with Crippen LogP contribution in [-0.2, 0) is 0 Å². The molecule has 3 heteroatoms. The lowest BCUT2D eigenvalue weighted by atomic mass is 9.91. The Labute approximate surface area is 312 Å². The van der Waals surface area contributed by atoms with Crippen molar-refractivity contribution in [2.75, 3.05) is 0 Å². The SMILES string of the molecule is c1ccc(-c2nc(-c3cc(-c4cccc5ccccc45)cc(-c4cccc5c4sc4ccccc45)c3)cc(-c3ccccc3-c3ccccc3)n2)cc1. The van der Waals surface area contributed by atoms with E-state index in [-0.39, 0.29) is 0 Å². The van der Waals surface area contributed by atoms with Crippen LogP contribution in [0.1, 0.15) is 0 Å². The van der Waals surface area contributed by atoms with E-state index in [1.165, 1.54) is 42.1 Å². The van der Waals surface area contributed by atoms with Gasteiger partial charge in [-0.05, 0) is 74.5 Å². The van der Waals surface area contributed by atoms with Crippen LogP contribution in [0.2, 0.25) is 0 Å². The lowest BCUT2D eigenvalue weighted by Crippen LogP contribution is -1.97. The van der Waals surface area contributed by atoms with E-state index < -0.39 is 0 Å². The fraction of sp³-hybridized carbons (Fsp3) is 0. The van der Waals surface area contributed by atoms with Crippen LogP contribution >= 0.6 is 11.3 Å². The number of thiophene rings is 1. The van der Waals surface area contributed by atoms with Crippen molar-refractivity contribution in [3.05, 3.63) is 194 Å². The first-order chi connectivity index (χ1) is 26.3. The zero-order chi connectivity index (χ0) is 35.1. The van der Waals surface area contributed by atoms with Gasteiger partial charge < -0.3 is 0 Å². The van der Waals surface area contributed by atoms with Crippen LogP contribution in [0.3, 0.4) is 0 Å². The lowest BCUT2D eigenvalue weighted by Gasteiger charge is -2.15. The van der Waals surface area contributed by atoms with Gasteiger partial charge in [-0.3, -0.25) is 0 Å². The molecule has 248 valence electrons. The molecule has 0 atom stereocenters. The molecule has 10 rings (SSSR count). The summed E-state index contributed by atoms with van der Waals surface area (Å²) in [6.45, 7) is 0. The van der Waals surface area contributed by atoms with Crippen molar-refractivity contribution in [2.45, 2.75) is 0 Å². The number of aromatic nitrogens is 2. The zero-order valence-corrected chi connectivity index (χ0v) is 29.6. The van der Waals surface area contributed by atoms with E-state index in [1.54, 1.807) is 0 Å². The smallest absolute Gasteiger partial charge is 0.160 e. The predicted molar refractivity (Wildman–Crippen MR) is 225 cm³/mol. The average molecular weight is 693 g/mol. The van der Waals surface area contributed by atoms with Gasteiger partial charge in [0.25, 0.3) is 0 Å². The van der Waals surface area contributed by atoms with E-state index in [9.17, 15) is 0 Å². The summed E-state index contributed by atoms with van der Waals surface area (Å²) in [5, 5.41) is 5.03. The molecular formula is C50H32N2S.